The van der Waals surface area contributed by atoms with Gasteiger partial charge >= 0.3 is 0 Å². The van der Waals surface area contributed by atoms with Crippen LogP contribution >= 0.6 is 11.6 Å². The molecule has 0 saturated carbocycles. The van der Waals surface area contributed by atoms with E-state index in [4.69, 9.17) is 11.6 Å². The molecule has 17 heavy (non-hydrogen) atoms. The Morgan fingerprint density at radius 2 is 2.18 bits per heavy atom. The predicted molar refractivity (Wildman–Crippen MR) is 70.6 cm³/mol. The Labute approximate surface area is 105 Å². The van der Waals surface area contributed by atoms with Crippen LogP contribution in [0.5, 0.6) is 0 Å². The van der Waals surface area contributed by atoms with Crippen LogP contribution in [0.2, 0.25) is 5.02 Å². The Morgan fingerprint density at radius 1 is 1.29 bits per heavy atom. The molecule has 1 N–H and O–H groups in total. The van der Waals surface area contributed by atoms with Crippen LogP contribution in [0.3, 0.4) is 0 Å². The van der Waals surface area contributed by atoms with Crippen molar-refractivity contribution in [3.8, 4) is 0 Å². The van der Waals surface area contributed by atoms with Crippen LogP contribution in [0.4, 0.5) is 0 Å². The number of para-hydroxylation sites is 1. The summed E-state index contributed by atoms with van der Waals surface area (Å²) >= 11 is 6.19. The van der Waals surface area contributed by atoms with Gasteiger partial charge in [-0.15, -0.1) is 0 Å². The first-order valence-corrected chi connectivity index (χ1v) is 6.36. The maximum atomic E-state index is 6.19. The molecule has 0 amide bonds. The number of nitrogens with one attached hydrogen (secondary N) is 1. The summed E-state index contributed by atoms with van der Waals surface area (Å²) < 4.78 is 0. The van der Waals surface area contributed by atoms with Gasteiger partial charge in [0.2, 0.25) is 0 Å². The lowest BCUT2D eigenvalue weighted by Gasteiger charge is -2.41. The second-order valence-corrected chi connectivity index (χ2v) is 5.41. The van der Waals surface area contributed by atoms with Gasteiger partial charge in [0.25, 0.3) is 0 Å². The molecule has 3 aliphatic heterocycles. The number of aromatic nitrogens is 1. The summed E-state index contributed by atoms with van der Waals surface area (Å²) in [6.07, 6.45) is 4.55. The number of hydrogen-bond donors (Lipinski definition) is 1. The standard InChI is InChI=1S/C14H13ClN2/c15-13-3-1-2-11-12(5-16-14(11)13)10-4-9-6-17(7-9)8-10/h1-5,10,16H,6-8H2. The van der Waals surface area contributed by atoms with E-state index in [0.29, 0.717) is 5.92 Å². The Morgan fingerprint density at radius 3 is 2.94 bits per heavy atom. The zero-order valence-corrected chi connectivity index (χ0v) is 10.2. The van der Waals surface area contributed by atoms with Crippen LogP contribution in [0, 0.1) is 0 Å². The number of H-pyrrole nitrogens is 1. The van der Waals surface area contributed by atoms with Gasteiger partial charge in [-0.25, -0.2) is 0 Å². The van der Waals surface area contributed by atoms with Crippen LogP contribution in [0.15, 0.2) is 36.0 Å². The van der Waals surface area contributed by atoms with Crippen molar-refractivity contribution < 1.29 is 0 Å². The van der Waals surface area contributed by atoms with Crippen LogP contribution < -0.4 is 0 Å². The maximum Gasteiger partial charge on any atom is 0.0647 e. The third-order valence-corrected chi connectivity index (χ3v) is 4.16. The summed E-state index contributed by atoms with van der Waals surface area (Å²) in [4.78, 5) is 5.79. The average molecular weight is 245 g/mol. The quantitative estimate of drug-likeness (QED) is 0.764. The second-order valence-electron chi connectivity index (χ2n) is 5.01. The highest BCUT2D eigenvalue weighted by Gasteiger charge is 2.30. The SMILES string of the molecule is Clc1cccc2c(C3C=C4CN(C4)C3)c[nH]c12. The third kappa shape index (κ3) is 1.38. The Kier molecular flexibility index (Phi) is 1.93. The molecule has 1 saturated heterocycles. The van der Waals surface area contributed by atoms with E-state index >= 15 is 0 Å². The first-order valence-electron chi connectivity index (χ1n) is 5.99. The minimum absolute atomic E-state index is 0.528. The molecule has 86 valence electrons. The van der Waals surface area contributed by atoms with Gasteiger partial charge in [0, 0.05) is 37.1 Å². The normalized spacial score (nSPS) is 26.8. The van der Waals surface area contributed by atoms with E-state index in [1.165, 1.54) is 24.0 Å². The fourth-order valence-electron chi connectivity index (χ4n) is 3.01. The molecule has 3 aliphatic rings. The minimum Gasteiger partial charge on any atom is -0.360 e. The topological polar surface area (TPSA) is 19.0 Å². The summed E-state index contributed by atoms with van der Waals surface area (Å²) in [5, 5.41) is 2.07. The van der Waals surface area contributed by atoms with Crippen LogP contribution in [-0.2, 0) is 0 Å². The first-order chi connectivity index (χ1) is 8.31. The number of aromatic amines is 1. The van der Waals surface area contributed by atoms with E-state index in [-0.39, 0.29) is 0 Å². The molecule has 3 heteroatoms. The van der Waals surface area contributed by atoms with Crippen molar-refractivity contribution >= 4 is 22.5 Å². The molecule has 4 heterocycles. The molecule has 0 aliphatic carbocycles. The van der Waals surface area contributed by atoms with E-state index in [9.17, 15) is 0 Å². The van der Waals surface area contributed by atoms with Gasteiger partial charge in [-0.3, -0.25) is 4.90 Å². The molecule has 0 radical (unpaired) electrons. The molecule has 0 spiro atoms. The number of nitrogens with zero attached hydrogens (tertiary/aromatic N) is 1. The first kappa shape index (κ1) is 9.75. The fraction of sp³-hybridized carbons (Fsp3) is 0.286. The van der Waals surface area contributed by atoms with E-state index in [0.717, 1.165) is 17.1 Å². The van der Waals surface area contributed by atoms with Gasteiger partial charge in [0.15, 0.2) is 0 Å². The Balaban J connectivity index is 1.86. The summed E-state index contributed by atoms with van der Waals surface area (Å²) in [5.41, 5.74) is 4.03. The molecule has 2 nitrogen and oxygen atoms in total. The highest BCUT2D eigenvalue weighted by Crippen LogP contribution is 2.36. The van der Waals surface area contributed by atoms with Gasteiger partial charge in [-0.05, 0) is 17.2 Å². The average Bonchev–Trinajstić information content (AvgIpc) is 2.73. The molecule has 2 aromatic rings. The van der Waals surface area contributed by atoms with E-state index in [1.807, 2.05) is 12.1 Å². The van der Waals surface area contributed by atoms with Gasteiger partial charge in [-0.2, -0.15) is 0 Å². The molecule has 1 aromatic carbocycles. The number of fused-ring (bicyclic) bond motifs is 3. The van der Waals surface area contributed by atoms with Gasteiger partial charge in [0.05, 0.1) is 10.5 Å². The van der Waals surface area contributed by atoms with Crippen molar-refractivity contribution in [2.75, 3.05) is 19.6 Å². The second kappa shape index (κ2) is 3.37. The van der Waals surface area contributed by atoms with Gasteiger partial charge in [-0.1, -0.05) is 29.8 Å². The Bertz CT molecular complexity index is 618. The van der Waals surface area contributed by atoms with Crippen molar-refractivity contribution in [3.63, 3.8) is 0 Å². The molecule has 2 bridgehead atoms. The molecule has 1 fully saturated rings. The van der Waals surface area contributed by atoms with Crippen molar-refractivity contribution in [1.29, 1.82) is 0 Å². The van der Waals surface area contributed by atoms with E-state index < -0.39 is 0 Å². The van der Waals surface area contributed by atoms with E-state index in [1.54, 1.807) is 5.57 Å². The highest BCUT2D eigenvalue weighted by atomic mass is 35.5. The molecule has 1 unspecified atom stereocenters. The molecule has 1 aromatic heterocycles. The molecular weight excluding hydrogens is 232 g/mol. The lowest BCUT2D eigenvalue weighted by Crippen LogP contribution is -2.46. The molecule has 1 atom stereocenters. The van der Waals surface area contributed by atoms with Crippen molar-refractivity contribution in [2.24, 2.45) is 0 Å². The summed E-state index contributed by atoms with van der Waals surface area (Å²) in [5.74, 6) is 0.528. The zero-order valence-electron chi connectivity index (χ0n) is 9.41. The fourth-order valence-corrected chi connectivity index (χ4v) is 3.24. The van der Waals surface area contributed by atoms with E-state index in [2.05, 4.69) is 28.2 Å². The summed E-state index contributed by atoms with van der Waals surface area (Å²) in [7, 11) is 0. The summed E-state index contributed by atoms with van der Waals surface area (Å²) in [6.45, 7) is 3.50. The highest BCUT2D eigenvalue weighted by molar-refractivity contribution is 6.35. The van der Waals surface area contributed by atoms with Crippen LogP contribution in [0.25, 0.3) is 10.9 Å². The number of rotatable bonds is 1. The monoisotopic (exact) mass is 244 g/mol. The number of hydrogen-bond acceptors (Lipinski definition) is 1. The van der Waals surface area contributed by atoms with Crippen LogP contribution in [-0.4, -0.2) is 29.5 Å². The maximum absolute atomic E-state index is 6.19. The smallest absolute Gasteiger partial charge is 0.0647 e. The van der Waals surface area contributed by atoms with Crippen molar-refractivity contribution in [2.45, 2.75) is 5.92 Å². The lowest BCUT2D eigenvalue weighted by molar-refractivity contribution is 0.222. The lowest BCUT2D eigenvalue weighted by atomic mass is 9.87. The third-order valence-electron chi connectivity index (χ3n) is 3.84. The number of halogens is 1. The van der Waals surface area contributed by atoms with Crippen molar-refractivity contribution in [1.82, 2.24) is 9.88 Å². The summed E-state index contributed by atoms with van der Waals surface area (Å²) in [6, 6.07) is 6.12. The van der Waals surface area contributed by atoms with Gasteiger partial charge < -0.3 is 4.98 Å². The van der Waals surface area contributed by atoms with Gasteiger partial charge in [0.1, 0.15) is 0 Å². The zero-order chi connectivity index (χ0) is 11.4. The predicted octanol–water partition coefficient (Wildman–Crippen LogP) is 3.16. The van der Waals surface area contributed by atoms with Crippen molar-refractivity contribution in [3.05, 3.63) is 46.6 Å². The minimum atomic E-state index is 0.528. The number of benzene rings is 1. The molecular formula is C14H13ClN2. The molecule has 5 rings (SSSR count). The van der Waals surface area contributed by atoms with Crippen LogP contribution in [0.1, 0.15) is 11.5 Å². The Hall–Kier alpha value is -1.25. The largest absolute Gasteiger partial charge is 0.360 e.